The van der Waals surface area contributed by atoms with Gasteiger partial charge in [0.25, 0.3) is 5.91 Å². The van der Waals surface area contributed by atoms with Gasteiger partial charge < -0.3 is 25.2 Å². The molecule has 8 heteroatoms. The second-order valence-electron chi connectivity index (χ2n) is 6.30. The number of nitrogens with one attached hydrogen (secondary N) is 1. The molecule has 0 bridgehead atoms. The summed E-state index contributed by atoms with van der Waals surface area (Å²) >= 11 is 0. The number of amides is 2. The van der Waals surface area contributed by atoms with Crippen LogP contribution < -0.4 is 40.0 Å². The number of benzene rings is 1. The van der Waals surface area contributed by atoms with Crippen LogP contribution in [-0.4, -0.2) is 46.5 Å². The third-order valence-electron chi connectivity index (χ3n) is 4.73. The van der Waals surface area contributed by atoms with E-state index in [1.165, 1.54) is 11.8 Å². The minimum absolute atomic E-state index is 0. The van der Waals surface area contributed by atoms with Crippen LogP contribution in [0.1, 0.15) is 36.2 Å². The number of carboxylic acid groups (broad SMARTS) is 1. The van der Waals surface area contributed by atoms with Crippen LogP contribution in [0, 0.1) is 5.92 Å². The van der Waals surface area contributed by atoms with Crippen molar-refractivity contribution in [2.45, 2.75) is 32.4 Å². The molecule has 0 spiro atoms. The zero-order valence-corrected chi connectivity index (χ0v) is 17.0. The second-order valence-corrected chi connectivity index (χ2v) is 6.30. The first-order valence-electron chi connectivity index (χ1n) is 8.21. The molecule has 26 heavy (non-hydrogen) atoms. The molecule has 2 N–H and O–H groups in total. The molecular formula is C18H19N2NaO5. The topological polar surface area (TPSA) is 110 Å². The number of carbonyl (C=O) groups is 3. The van der Waals surface area contributed by atoms with Gasteiger partial charge in [0.1, 0.15) is 0 Å². The van der Waals surface area contributed by atoms with Crippen molar-refractivity contribution in [1.29, 1.82) is 0 Å². The molecule has 2 aliphatic rings. The summed E-state index contributed by atoms with van der Waals surface area (Å²) < 4.78 is 0. The largest absolute Gasteiger partial charge is 1.00 e. The van der Waals surface area contributed by atoms with Gasteiger partial charge in [-0.15, -0.1) is 0 Å². The number of fused-ring (bicyclic) bond motifs is 1. The van der Waals surface area contributed by atoms with Crippen LogP contribution in [0.5, 0.6) is 0 Å². The summed E-state index contributed by atoms with van der Waals surface area (Å²) in [5.74, 6) is -2.70. The molecule has 1 saturated heterocycles. The van der Waals surface area contributed by atoms with E-state index >= 15 is 0 Å². The molecule has 0 aliphatic carbocycles. The first kappa shape index (κ1) is 20.6. The number of carboxylic acids is 1. The van der Waals surface area contributed by atoms with Gasteiger partial charge in [-0.25, -0.2) is 0 Å². The summed E-state index contributed by atoms with van der Waals surface area (Å²) in [4.78, 5) is 37.0. The average Bonchev–Trinajstić information content (AvgIpc) is 2.90. The zero-order valence-electron chi connectivity index (χ0n) is 15.0. The Bertz CT molecular complexity index is 790. The van der Waals surface area contributed by atoms with Crippen LogP contribution >= 0.6 is 0 Å². The number of hydrogen-bond donors (Lipinski definition) is 2. The molecule has 2 amide bonds. The predicted octanol–water partition coefficient (Wildman–Crippen LogP) is -3.49. The number of β-lactam (4-membered cyclic amide) rings is 1. The summed E-state index contributed by atoms with van der Waals surface area (Å²) in [7, 11) is 0. The van der Waals surface area contributed by atoms with E-state index in [2.05, 4.69) is 5.32 Å². The van der Waals surface area contributed by atoms with Crippen molar-refractivity contribution in [3.63, 3.8) is 0 Å². The maximum Gasteiger partial charge on any atom is 1.00 e. The molecule has 7 nitrogen and oxygen atoms in total. The maximum atomic E-state index is 12.2. The number of aliphatic hydroxyl groups excluding tert-OH is 1. The quantitative estimate of drug-likeness (QED) is 0.415. The number of hydrogen-bond acceptors (Lipinski definition) is 5. The molecule has 132 valence electrons. The van der Waals surface area contributed by atoms with E-state index in [0.717, 1.165) is 0 Å². The van der Waals surface area contributed by atoms with Crippen LogP contribution in [0.15, 0.2) is 30.0 Å². The Morgan fingerprint density at radius 3 is 2.69 bits per heavy atom. The standard InChI is InChI=1S/C18H20N2O5.Na/c1-3-19-16(22)11-6-4-5-10(7-11)12-8-13-14(9(2)21)17(23)20(13)15(12)18(24)25;/h4-7,9,13-14,21H,3,8H2,1-2H3,(H,19,22)(H,24,25);/q;+1/p-1. The van der Waals surface area contributed by atoms with Crippen molar-refractivity contribution in [2.24, 2.45) is 5.92 Å². The Morgan fingerprint density at radius 1 is 1.42 bits per heavy atom. The van der Waals surface area contributed by atoms with Crippen molar-refractivity contribution < 1.29 is 54.2 Å². The monoisotopic (exact) mass is 366 g/mol. The van der Waals surface area contributed by atoms with E-state index in [4.69, 9.17) is 0 Å². The van der Waals surface area contributed by atoms with E-state index in [9.17, 15) is 24.6 Å². The van der Waals surface area contributed by atoms with Crippen LogP contribution in [-0.2, 0) is 9.59 Å². The molecular weight excluding hydrogens is 347 g/mol. The number of aliphatic carboxylic acids is 1. The molecule has 0 saturated carbocycles. The van der Waals surface area contributed by atoms with Crippen LogP contribution in [0.25, 0.3) is 5.57 Å². The molecule has 1 aromatic carbocycles. The SMILES string of the molecule is CCNC(=O)c1cccc(C2=C(C(=O)[O-])N3C(=O)C(C(C)O)C3C2)c1.[Na+]. The summed E-state index contributed by atoms with van der Waals surface area (Å²) in [6.45, 7) is 3.81. The van der Waals surface area contributed by atoms with Gasteiger partial charge in [0.05, 0.1) is 29.7 Å². The molecule has 1 fully saturated rings. The number of aliphatic hydroxyl groups is 1. The van der Waals surface area contributed by atoms with E-state index in [1.54, 1.807) is 24.3 Å². The minimum Gasteiger partial charge on any atom is -0.543 e. The first-order chi connectivity index (χ1) is 11.9. The van der Waals surface area contributed by atoms with Crippen LogP contribution in [0.3, 0.4) is 0 Å². The van der Waals surface area contributed by atoms with Gasteiger partial charge in [-0.1, -0.05) is 12.1 Å². The van der Waals surface area contributed by atoms with Crippen molar-refractivity contribution in [3.8, 4) is 0 Å². The van der Waals surface area contributed by atoms with Gasteiger partial charge in [-0.05, 0) is 43.5 Å². The van der Waals surface area contributed by atoms with Crippen molar-refractivity contribution in [2.75, 3.05) is 6.54 Å². The summed E-state index contributed by atoms with van der Waals surface area (Å²) in [5, 5.41) is 24.1. The Hall–Kier alpha value is -1.67. The van der Waals surface area contributed by atoms with E-state index in [0.29, 0.717) is 29.7 Å². The van der Waals surface area contributed by atoms with Crippen LogP contribution in [0.4, 0.5) is 0 Å². The molecule has 0 radical (unpaired) electrons. The number of nitrogens with zero attached hydrogens (tertiary/aromatic N) is 1. The van der Waals surface area contributed by atoms with Crippen LogP contribution in [0.2, 0.25) is 0 Å². The fraction of sp³-hybridized carbons (Fsp3) is 0.389. The Morgan fingerprint density at radius 2 is 2.12 bits per heavy atom. The number of carbonyl (C=O) groups excluding carboxylic acids is 3. The molecule has 0 aromatic heterocycles. The molecule has 2 aliphatic heterocycles. The number of rotatable bonds is 5. The van der Waals surface area contributed by atoms with Crippen molar-refractivity contribution >= 4 is 23.4 Å². The summed E-state index contributed by atoms with van der Waals surface area (Å²) in [6.07, 6.45) is -0.540. The normalized spacial score (nSPS) is 22.3. The molecule has 3 unspecified atom stereocenters. The smallest absolute Gasteiger partial charge is 0.543 e. The summed E-state index contributed by atoms with van der Waals surface area (Å²) in [5.41, 5.74) is 1.26. The Kier molecular flexibility index (Phi) is 6.29. The Balaban J connectivity index is 0.00000243. The van der Waals surface area contributed by atoms with Gasteiger partial charge in [0, 0.05) is 12.1 Å². The molecule has 3 atom stereocenters. The zero-order chi connectivity index (χ0) is 18.3. The van der Waals surface area contributed by atoms with Crippen molar-refractivity contribution in [1.82, 2.24) is 10.2 Å². The second kappa shape index (κ2) is 7.92. The third-order valence-corrected chi connectivity index (χ3v) is 4.73. The van der Waals surface area contributed by atoms with E-state index < -0.39 is 23.9 Å². The van der Waals surface area contributed by atoms with Gasteiger partial charge in [-0.3, -0.25) is 9.59 Å². The fourth-order valence-corrected chi connectivity index (χ4v) is 3.63. The molecule has 1 aromatic rings. The average molecular weight is 366 g/mol. The van der Waals surface area contributed by atoms with Crippen molar-refractivity contribution in [3.05, 3.63) is 41.1 Å². The van der Waals surface area contributed by atoms with Gasteiger partial charge in [0.15, 0.2) is 0 Å². The van der Waals surface area contributed by atoms with Gasteiger partial charge in [0.2, 0.25) is 5.91 Å². The minimum atomic E-state index is -1.43. The maximum absolute atomic E-state index is 12.2. The summed E-state index contributed by atoms with van der Waals surface area (Å²) in [6, 6.07) is 6.24. The Labute approximate surface area is 173 Å². The third kappa shape index (κ3) is 3.32. The van der Waals surface area contributed by atoms with Gasteiger partial charge in [-0.2, -0.15) is 0 Å². The van der Waals surface area contributed by atoms with E-state index in [-0.39, 0.29) is 47.2 Å². The first-order valence-corrected chi connectivity index (χ1v) is 8.21. The molecule has 3 rings (SSSR count). The van der Waals surface area contributed by atoms with E-state index in [1.807, 2.05) is 6.92 Å². The molecule has 2 heterocycles. The van der Waals surface area contributed by atoms with Gasteiger partial charge >= 0.3 is 29.6 Å². The fourth-order valence-electron chi connectivity index (χ4n) is 3.63. The predicted molar refractivity (Wildman–Crippen MR) is 86.8 cm³/mol.